The van der Waals surface area contributed by atoms with E-state index >= 15 is 0 Å². The number of nitrogens with zero attached hydrogens (tertiary/aromatic N) is 2. The van der Waals surface area contributed by atoms with Crippen molar-refractivity contribution in [3.8, 4) is 0 Å². The van der Waals surface area contributed by atoms with E-state index in [2.05, 4.69) is 33.7 Å². The topological polar surface area (TPSA) is 98.8 Å². The maximum Gasteiger partial charge on any atom is 0.266 e. The van der Waals surface area contributed by atoms with Gasteiger partial charge in [-0.2, -0.15) is 0 Å². The Labute approximate surface area is 239 Å². The number of carbonyl (C=O) groups is 2. The van der Waals surface area contributed by atoms with Crippen LogP contribution in [0.1, 0.15) is 61.3 Å². The molecule has 1 fully saturated rings. The first-order valence-electron chi connectivity index (χ1n) is 13.3. The largest absolute Gasteiger partial charge is 0.349 e. The molecule has 0 saturated carbocycles. The van der Waals surface area contributed by atoms with Gasteiger partial charge in [0.15, 0.2) is 0 Å². The molecule has 1 aliphatic carbocycles. The van der Waals surface area contributed by atoms with Gasteiger partial charge in [0, 0.05) is 18.9 Å². The number of rotatable bonds is 7. The molecule has 0 spiro atoms. The number of piperidine rings is 1. The summed E-state index contributed by atoms with van der Waals surface area (Å²) in [4.78, 5) is 28.2. The van der Waals surface area contributed by atoms with E-state index in [9.17, 15) is 18.0 Å². The predicted octanol–water partition coefficient (Wildman–Crippen LogP) is 4.52. The Morgan fingerprint density at radius 2 is 1.87 bits per heavy atom. The number of halogens is 2. The summed E-state index contributed by atoms with van der Waals surface area (Å²) in [7, 11) is -4.26. The number of aryl methyl sites for hydroxylation is 1. The minimum absolute atomic E-state index is 0.0764. The summed E-state index contributed by atoms with van der Waals surface area (Å²) < 4.78 is 27.8. The first-order chi connectivity index (χ1) is 18.7. The summed E-state index contributed by atoms with van der Waals surface area (Å²) in [5.74, 6) is -1.00. The van der Waals surface area contributed by atoms with E-state index in [0.717, 1.165) is 48.8 Å². The third-order valence-electron chi connectivity index (χ3n) is 7.62. The molecule has 208 valence electrons. The summed E-state index contributed by atoms with van der Waals surface area (Å²) in [5.41, 5.74) is 3.60. The number of likely N-dealkylation sites (tertiary alicyclic amines) is 1. The third kappa shape index (κ3) is 6.11. The second-order valence-corrected chi connectivity index (χ2v) is 12.9. The van der Waals surface area contributed by atoms with Crippen LogP contribution in [0.4, 0.5) is 0 Å². The summed E-state index contributed by atoms with van der Waals surface area (Å²) >= 11 is 12.2. The average Bonchev–Trinajstić information content (AvgIpc) is 2.92. The van der Waals surface area contributed by atoms with Gasteiger partial charge in [-0.25, -0.2) is 8.42 Å². The summed E-state index contributed by atoms with van der Waals surface area (Å²) in [6.45, 7) is 3.21. The van der Waals surface area contributed by atoms with Crippen LogP contribution in [-0.2, 0) is 32.6 Å². The van der Waals surface area contributed by atoms with Crippen LogP contribution in [-0.4, -0.2) is 48.6 Å². The smallest absolute Gasteiger partial charge is 0.266 e. The van der Waals surface area contributed by atoms with Gasteiger partial charge in [-0.15, -0.1) is 0 Å². The summed E-state index contributed by atoms with van der Waals surface area (Å²) in [5, 5.41) is 5.50. The molecule has 2 aromatic carbocycles. The fourth-order valence-electron chi connectivity index (χ4n) is 5.66. The van der Waals surface area contributed by atoms with Crippen molar-refractivity contribution in [2.45, 2.75) is 68.5 Å². The fourth-order valence-corrected chi connectivity index (χ4v) is 7.85. The average molecular weight is 592 g/mol. The van der Waals surface area contributed by atoms with Crippen molar-refractivity contribution >= 4 is 45.0 Å². The Kier molecular flexibility index (Phi) is 8.52. The zero-order valence-electron chi connectivity index (χ0n) is 21.5. The molecule has 2 atom stereocenters. The van der Waals surface area contributed by atoms with Gasteiger partial charge in [0.2, 0.25) is 11.8 Å². The third-order valence-corrected chi connectivity index (χ3v) is 10.4. The first kappa shape index (κ1) is 28.0. The number of fused-ring (bicyclic) bond motifs is 1. The fraction of sp³-hybridized carbons (Fsp3) is 0.429. The molecule has 3 aliphatic rings. The van der Waals surface area contributed by atoms with Gasteiger partial charge >= 0.3 is 0 Å². The molecular formula is C28H32Cl2N4O4S. The van der Waals surface area contributed by atoms with E-state index < -0.39 is 27.9 Å². The second kappa shape index (κ2) is 11.9. The lowest BCUT2D eigenvalue weighted by molar-refractivity contribution is -0.129. The van der Waals surface area contributed by atoms with Crippen LogP contribution in [0, 0.1) is 0 Å². The van der Waals surface area contributed by atoms with E-state index in [0.29, 0.717) is 0 Å². The number of amides is 2. The Morgan fingerprint density at radius 3 is 2.67 bits per heavy atom. The van der Waals surface area contributed by atoms with Gasteiger partial charge in [0.1, 0.15) is 10.9 Å². The first-order valence-corrected chi connectivity index (χ1v) is 15.5. The highest BCUT2D eigenvalue weighted by Gasteiger charge is 2.38. The number of carbonyl (C=O) groups excluding carboxylic acids is 2. The van der Waals surface area contributed by atoms with Crippen molar-refractivity contribution in [1.82, 2.24) is 19.8 Å². The molecule has 8 nitrogen and oxygen atoms in total. The number of hydrogen-bond acceptors (Lipinski definition) is 5. The molecule has 2 N–H and O–H groups in total. The van der Waals surface area contributed by atoms with Crippen LogP contribution in [0.2, 0.25) is 10.0 Å². The summed E-state index contributed by atoms with van der Waals surface area (Å²) in [6, 6.07) is 9.29. The highest BCUT2D eigenvalue weighted by molar-refractivity contribution is 7.89. The maximum absolute atomic E-state index is 13.4. The van der Waals surface area contributed by atoms with Crippen LogP contribution in [0.5, 0.6) is 0 Å². The lowest BCUT2D eigenvalue weighted by atomic mass is 9.86. The molecular weight excluding hydrogens is 559 g/mol. The summed E-state index contributed by atoms with van der Waals surface area (Å²) in [6.07, 6.45) is 8.59. The monoisotopic (exact) mass is 590 g/mol. The van der Waals surface area contributed by atoms with Gasteiger partial charge in [0.25, 0.3) is 10.0 Å². The van der Waals surface area contributed by atoms with Crippen LogP contribution in [0.3, 0.4) is 0 Å². The van der Waals surface area contributed by atoms with Gasteiger partial charge < -0.3 is 10.6 Å². The SMILES string of the molecule is O=C(C[C@@H]1C(=O)NC=CN1S(=O)(=O)c1cccc(Cl)c1Cl)N[C@@H]1CCCc2cc(CN3CCCCC3)ccc21. The zero-order valence-corrected chi connectivity index (χ0v) is 23.9. The standard InChI is InChI=1S/C28H32Cl2N4O4S/c29-22-7-5-9-25(27(22)30)39(37,38)34-15-12-31-28(36)24(34)17-26(35)32-23-8-4-6-20-16-19(10-11-21(20)23)18-33-13-2-1-3-14-33/h5,7,9-12,15-16,23-24H,1-4,6,8,13-14,17-18H2,(H,31,36)(H,32,35)/t23-,24-/m1/s1. The molecule has 2 heterocycles. The zero-order chi connectivity index (χ0) is 27.6. The number of hydrogen-bond donors (Lipinski definition) is 2. The van der Waals surface area contributed by atoms with Gasteiger partial charge in [-0.1, -0.05) is 53.9 Å². The van der Waals surface area contributed by atoms with Gasteiger partial charge in [-0.05, 0) is 74.0 Å². The van der Waals surface area contributed by atoms with E-state index in [1.807, 2.05) is 0 Å². The van der Waals surface area contributed by atoms with Crippen LogP contribution in [0.15, 0.2) is 53.7 Å². The molecule has 0 radical (unpaired) electrons. The Balaban J connectivity index is 1.30. The number of sulfonamides is 1. The molecule has 1 saturated heterocycles. The Hall–Kier alpha value is -2.59. The van der Waals surface area contributed by atoms with Crippen molar-refractivity contribution in [3.05, 3.63) is 75.5 Å². The van der Waals surface area contributed by atoms with E-state index in [1.165, 1.54) is 61.0 Å². The van der Waals surface area contributed by atoms with Crippen LogP contribution in [0.25, 0.3) is 0 Å². The highest BCUT2D eigenvalue weighted by Crippen LogP contribution is 2.34. The quantitative estimate of drug-likeness (QED) is 0.494. The Morgan fingerprint density at radius 1 is 1.08 bits per heavy atom. The number of benzene rings is 2. The van der Waals surface area contributed by atoms with E-state index in [1.54, 1.807) is 0 Å². The second-order valence-electron chi connectivity index (χ2n) is 10.3. The van der Waals surface area contributed by atoms with Crippen LogP contribution < -0.4 is 10.6 Å². The molecule has 2 amide bonds. The molecule has 2 aliphatic heterocycles. The van der Waals surface area contributed by atoms with Crippen molar-refractivity contribution < 1.29 is 18.0 Å². The van der Waals surface area contributed by atoms with Crippen molar-refractivity contribution in [1.29, 1.82) is 0 Å². The van der Waals surface area contributed by atoms with Crippen LogP contribution >= 0.6 is 23.2 Å². The van der Waals surface area contributed by atoms with E-state index in [-0.39, 0.29) is 27.4 Å². The highest BCUT2D eigenvalue weighted by atomic mass is 35.5. The minimum Gasteiger partial charge on any atom is -0.349 e. The van der Waals surface area contributed by atoms with Gasteiger partial charge in [-0.3, -0.25) is 18.8 Å². The molecule has 39 heavy (non-hydrogen) atoms. The number of nitrogens with one attached hydrogen (secondary N) is 2. The van der Waals surface area contributed by atoms with Crippen molar-refractivity contribution in [2.75, 3.05) is 13.1 Å². The molecule has 0 aromatic heterocycles. The normalized spacial score (nSPS) is 21.8. The minimum atomic E-state index is -4.26. The Bertz CT molecular complexity index is 1390. The molecule has 0 unspecified atom stereocenters. The lowest BCUT2D eigenvalue weighted by Crippen LogP contribution is -2.51. The maximum atomic E-state index is 13.4. The molecule has 5 rings (SSSR count). The molecule has 2 aromatic rings. The van der Waals surface area contributed by atoms with E-state index in [4.69, 9.17) is 23.2 Å². The predicted molar refractivity (Wildman–Crippen MR) is 151 cm³/mol. The van der Waals surface area contributed by atoms with Crippen molar-refractivity contribution in [3.63, 3.8) is 0 Å². The molecule has 11 heteroatoms. The lowest BCUT2D eigenvalue weighted by Gasteiger charge is -2.32. The van der Waals surface area contributed by atoms with Crippen molar-refractivity contribution in [2.24, 2.45) is 0 Å². The molecule has 0 bridgehead atoms. The van der Waals surface area contributed by atoms with Gasteiger partial charge in [0.05, 0.1) is 22.5 Å².